The third kappa shape index (κ3) is 2.97. The van der Waals surface area contributed by atoms with Crippen molar-refractivity contribution in [2.75, 3.05) is 13.1 Å². The summed E-state index contributed by atoms with van der Waals surface area (Å²) in [5.74, 6) is 0.330. The average Bonchev–Trinajstić information content (AvgIpc) is 2.40. The van der Waals surface area contributed by atoms with Crippen molar-refractivity contribution in [1.82, 2.24) is 4.90 Å². The van der Waals surface area contributed by atoms with E-state index >= 15 is 0 Å². The second-order valence-corrected chi connectivity index (χ2v) is 4.17. The van der Waals surface area contributed by atoms with Gasteiger partial charge in [-0.05, 0) is 31.4 Å². The first-order valence-electron chi connectivity index (χ1n) is 5.88. The number of carbonyl (C=O) groups excluding carboxylic acids is 1. The molecule has 0 unspecified atom stereocenters. The van der Waals surface area contributed by atoms with Gasteiger partial charge < -0.3 is 9.64 Å². The molecule has 0 bridgehead atoms. The zero-order chi connectivity index (χ0) is 13.0. The van der Waals surface area contributed by atoms with Gasteiger partial charge in [0.2, 0.25) is 0 Å². The smallest absolute Gasteiger partial charge is 0.410 e. The number of nitro benzene ring substituents is 1. The summed E-state index contributed by atoms with van der Waals surface area (Å²) in [4.78, 5) is 23.4. The predicted molar refractivity (Wildman–Crippen MR) is 64.5 cm³/mol. The molecular weight excluding hydrogens is 236 g/mol. The highest BCUT2D eigenvalue weighted by atomic mass is 16.6. The number of piperidine rings is 1. The largest absolute Gasteiger partial charge is 0.415 e. The molecule has 0 spiro atoms. The number of carbonyl (C=O) groups is 1. The number of rotatable bonds is 2. The summed E-state index contributed by atoms with van der Waals surface area (Å²) in [6.07, 6.45) is 2.75. The van der Waals surface area contributed by atoms with Crippen LogP contribution in [0.2, 0.25) is 0 Å². The van der Waals surface area contributed by atoms with Crippen molar-refractivity contribution in [2.45, 2.75) is 19.3 Å². The summed E-state index contributed by atoms with van der Waals surface area (Å²) in [5.41, 5.74) is -0.0206. The Morgan fingerprint density at radius 2 is 1.78 bits per heavy atom. The monoisotopic (exact) mass is 250 g/mol. The molecule has 1 aliphatic heterocycles. The van der Waals surface area contributed by atoms with Crippen molar-refractivity contribution in [3.05, 3.63) is 34.4 Å². The zero-order valence-corrected chi connectivity index (χ0v) is 9.87. The van der Waals surface area contributed by atoms with E-state index in [2.05, 4.69) is 0 Å². The maximum atomic E-state index is 11.8. The fraction of sp³-hybridized carbons (Fsp3) is 0.417. The van der Waals surface area contributed by atoms with E-state index in [0.29, 0.717) is 18.8 Å². The van der Waals surface area contributed by atoms with Crippen LogP contribution in [0.25, 0.3) is 0 Å². The lowest BCUT2D eigenvalue weighted by atomic mass is 10.1. The van der Waals surface area contributed by atoms with Crippen LogP contribution in [-0.2, 0) is 0 Å². The normalized spacial score (nSPS) is 15.2. The first-order chi connectivity index (χ1) is 8.66. The number of non-ortho nitro benzene ring substituents is 1. The van der Waals surface area contributed by atoms with Crippen LogP contribution in [0.3, 0.4) is 0 Å². The van der Waals surface area contributed by atoms with Gasteiger partial charge in [-0.3, -0.25) is 10.1 Å². The standard InChI is InChI=1S/C12H14N2O4/c15-12(13-8-2-1-3-9-13)18-11-6-4-10(5-7-11)14(16)17/h4-7H,1-3,8-9H2. The van der Waals surface area contributed by atoms with Gasteiger partial charge in [-0.15, -0.1) is 0 Å². The lowest BCUT2D eigenvalue weighted by molar-refractivity contribution is -0.384. The molecule has 1 aromatic carbocycles. The average molecular weight is 250 g/mol. The van der Waals surface area contributed by atoms with E-state index in [-0.39, 0.29) is 11.8 Å². The molecule has 18 heavy (non-hydrogen) atoms. The highest BCUT2D eigenvalue weighted by Gasteiger charge is 2.18. The molecule has 1 saturated heterocycles. The molecule has 1 fully saturated rings. The first kappa shape index (κ1) is 12.3. The second-order valence-electron chi connectivity index (χ2n) is 4.17. The Balaban J connectivity index is 1.96. The number of benzene rings is 1. The number of nitro groups is 1. The molecule has 6 nitrogen and oxygen atoms in total. The molecule has 0 N–H and O–H groups in total. The number of amides is 1. The molecule has 1 aliphatic rings. The summed E-state index contributed by atoms with van der Waals surface area (Å²) in [5, 5.41) is 10.5. The minimum Gasteiger partial charge on any atom is -0.410 e. The number of nitrogens with zero attached hydrogens (tertiary/aromatic N) is 2. The summed E-state index contributed by atoms with van der Waals surface area (Å²) < 4.78 is 5.15. The molecule has 96 valence electrons. The number of hydrogen-bond donors (Lipinski definition) is 0. The minimum atomic E-state index is -0.490. The van der Waals surface area contributed by atoms with Crippen LogP contribution in [0.15, 0.2) is 24.3 Å². The molecule has 1 aromatic rings. The Labute approximate surface area is 104 Å². The van der Waals surface area contributed by atoms with Gasteiger partial charge in [-0.1, -0.05) is 0 Å². The predicted octanol–water partition coefficient (Wildman–Crippen LogP) is 2.58. The Morgan fingerprint density at radius 3 is 2.33 bits per heavy atom. The SMILES string of the molecule is O=C(Oc1ccc([N+](=O)[O-])cc1)N1CCCCC1. The Hall–Kier alpha value is -2.11. The summed E-state index contributed by atoms with van der Waals surface area (Å²) in [7, 11) is 0. The molecule has 0 aromatic heterocycles. The van der Waals surface area contributed by atoms with Gasteiger partial charge in [0.05, 0.1) is 4.92 Å². The van der Waals surface area contributed by atoms with Crippen molar-refractivity contribution in [2.24, 2.45) is 0 Å². The van der Waals surface area contributed by atoms with Crippen LogP contribution in [-0.4, -0.2) is 29.0 Å². The third-order valence-electron chi connectivity index (χ3n) is 2.87. The van der Waals surface area contributed by atoms with E-state index in [1.165, 1.54) is 24.3 Å². The Morgan fingerprint density at radius 1 is 1.17 bits per heavy atom. The quantitative estimate of drug-likeness (QED) is 0.597. The summed E-state index contributed by atoms with van der Waals surface area (Å²) in [6.45, 7) is 1.43. The van der Waals surface area contributed by atoms with Crippen LogP contribution >= 0.6 is 0 Å². The highest BCUT2D eigenvalue weighted by Crippen LogP contribution is 2.19. The lowest BCUT2D eigenvalue weighted by Crippen LogP contribution is -2.37. The highest BCUT2D eigenvalue weighted by molar-refractivity contribution is 5.70. The fourth-order valence-corrected chi connectivity index (χ4v) is 1.88. The van der Waals surface area contributed by atoms with Gasteiger partial charge in [0.15, 0.2) is 0 Å². The fourth-order valence-electron chi connectivity index (χ4n) is 1.88. The van der Waals surface area contributed by atoms with Crippen LogP contribution in [0.5, 0.6) is 5.75 Å². The molecule has 1 amide bonds. The lowest BCUT2D eigenvalue weighted by Gasteiger charge is -2.25. The third-order valence-corrected chi connectivity index (χ3v) is 2.87. The van der Waals surface area contributed by atoms with E-state index in [4.69, 9.17) is 4.74 Å². The molecule has 0 atom stereocenters. The van der Waals surface area contributed by atoms with Crippen LogP contribution in [0, 0.1) is 10.1 Å². The van der Waals surface area contributed by atoms with Gasteiger partial charge in [-0.2, -0.15) is 0 Å². The Bertz CT molecular complexity index is 438. The van der Waals surface area contributed by atoms with Crippen molar-refractivity contribution in [3.8, 4) is 5.75 Å². The topological polar surface area (TPSA) is 72.7 Å². The van der Waals surface area contributed by atoms with E-state index in [1.54, 1.807) is 4.90 Å². The van der Waals surface area contributed by atoms with Crippen LogP contribution in [0.4, 0.5) is 10.5 Å². The number of likely N-dealkylation sites (tertiary alicyclic amines) is 1. The first-order valence-corrected chi connectivity index (χ1v) is 5.88. The molecule has 2 rings (SSSR count). The van der Waals surface area contributed by atoms with Crippen molar-refractivity contribution in [3.63, 3.8) is 0 Å². The molecular formula is C12H14N2O4. The van der Waals surface area contributed by atoms with Crippen molar-refractivity contribution >= 4 is 11.8 Å². The van der Waals surface area contributed by atoms with Gasteiger partial charge in [0, 0.05) is 25.2 Å². The number of ether oxygens (including phenoxy) is 1. The molecule has 0 aliphatic carbocycles. The molecule has 0 radical (unpaired) electrons. The van der Waals surface area contributed by atoms with Gasteiger partial charge in [0.1, 0.15) is 5.75 Å². The van der Waals surface area contributed by atoms with Crippen LogP contribution < -0.4 is 4.74 Å². The minimum absolute atomic E-state index is 0.0206. The molecule has 6 heteroatoms. The number of hydrogen-bond acceptors (Lipinski definition) is 4. The maximum Gasteiger partial charge on any atom is 0.415 e. The maximum absolute atomic E-state index is 11.8. The molecule has 0 saturated carbocycles. The van der Waals surface area contributed by atoms with Gasteiger partial charge >= 0.3 is 6.09 Å². The molecule has 1 heterocycles. The van der Waals surface area contributed by atoms with Crippen LogP contribution in [0.1, 0.15) is 19.3 Å². The zero-order valence-electron chi connectivity index (χ0n) is 9.87. The van der Waals surface area contributed by atoms with E-state index < -0.39 is 4.92 Å². The summed E-state index contributed by atoms with van der Waals surface area (Å²) >= 11 is 0. The van der Waals surface area contributed by atoms with Crippen molar-refractivity contribution < 1.29 is 14.5 Å². The van der Waals surface area contributed by atoms with E-state index in [0.717, 1.165) is 19.3 Å². The Kier molecular flexibility index (Phi) is 3.76. The van der Waals surface area contributed by atoms with Crippen molar-refractivity contribution in [1.29, 1.82) is 0 Å². The summed E-state index contributed by atoms with van der Waals surface area (Å²) in [6, 6.07) is 5.50. The second kappa shape index (κ2) is 5.48. The van der Waals surface area contributed by atoms with Gasteiger partial charge in [-0.25, -0.2) is 4.79 Å². The van der Waals surface area contributed by atoms with Gasteiger partial charge in [0.25, 0.3) is 5.69 Å². The van der Waals surface area contributed by atoms with E-state index in [9.17, 15) is 14.9 Å². The van der Waals surface area contributed by atoms with E-state index in [1.807, 2.05) is 0 Å².